The number of carbonyl (C=O) groups excluding carboxylic acids is 2. The lowest BCUT2D eigenvalue weighted by atomic mass is 10.2. The van der Waals surface area contributed by atoms with Gasteiger partial charge in [0.25, 0.3) is 5.91 Å². The van der Waals surface area contributed by atoms with Gasteiger partial charge in [0.1, 0.15) is 0 Å². The van der Waals surface area contributed by atoms with Crippen molar-refractivity contribution in [2.45, 2.75) is 11.7 Å². The normalized spacial score (nSPS) is 19.2. The van der Waals surface area contributed by atoms with Crippen molar-refractivity contribution >= 4 is 41.7 Å². The van der Waals surface area contributed by atoms with Crippen molar-refractivity contribution in [1.82, 2.24) is 5.32 Å². The molecule has 96 valence electrons. The van der Waals surface area contributed by atoms with E-state index in [4.69, 9.17) is 11.6 Å². The van der Waals surface area contributed by atoms with Crippen LogP contribution in [0.25, 0.3) is 0 Å². The van der Waals surface area contributed by atoms with E-state index in [1.807, 2.05) is 0 Å². The highest BCUT2D eigenvalue weighted by Gasteiger charge is 2.28. The van der Waals surface area contributed by atoms with E-state index >= 15 is 0 Å². The Kier molecular flexibility index (Phi) is 3.82. The molecule has 2 rings (SSSR count). The molecule has 1 unspecified atom stereocenters. The summed E-state index contributed by atoms with van der Waals surface area (Å²) in [5, 5.41) is 2.90. The summed E-state index contributed by atoms with van der Waals surface area (Å²) in [7, 11) is 1.54. The number of benzene rings is 1. The third-order valence-electron chi connectivity index (χ3n) is 2.84. The SMILES string of the molecule is CNC(=O)c1ccc(N2CC(S)CC2=O)cc1Cl. The van der Waals surface area contributed by atoms with Gasteiger partial charge in [0.2, 0.25) is 5.91 Å². The first kappa shape index (κ1) is 13.2. The number of nitrogens with zero attached hydrogens (tertiary/aromatic N) is 1. The molecule has 0 radical (unpaired) electrons. The van der Waals surface area contributed by atoms with Crippen LogP contribution in [0.4, 0.5) is 5.69 Å². The monoisotopic (exact) mass is 284 g/mol. The van der Waals surface area contributed by atoms with Crippen molar-refractivity contribution in [1.29, 1.82) is 0 Å². The molecule has 4 nitrogen and oxygen atoms in total. The molecule has 1 aliphatic rings. The van der Waals surface area contributed by atoms with Crippen LogP contribution in [0.1, 0.15) is 16.8 Å². The van der Waals surface area contributed by atoms with Gasteiger partial charge in [-0.15, -0.1) is 0 Å². The summed E-state index contributed by atoms with van der Waals surface area (Å²) in [5.41, 5.74) is 1.10. The van der Waals surface area contributed by atoms with Crippen LogP contribution in [0.5, 0.6) is 0 Å². The lowest BCUT2D eigenvalue weighted by Gasteiger charge is -2.17. The van der Waals surface area contributed by atoms with Gasteiger partial charge in [-0.1, -0.05) is 11.6 Å². The molecule has 0 bridgehead atoms. The lowest BCUT2D eigenvalue weighted by Crippen LogP contribution is -2.25. The van der Waals surface area contributed by atoms with Gasteiger partial charge in [-0.25, -0.2) is 0 Å². The summed E-state index contributed by atoms with van der Waals surface area (Å²) in [5.74, 6) is -0.217. The van der Waals surface area contributed by atoms with E-state index in [1.54, 1.807) is 30.1 Å². The summed E-state index contributed by atoms with van der Waals surface area (Å²) < 4.78 is 0. The molecule has 0 saturated carbocycles. The molecule has 1 fully saturated rings. The highest BCUT2D eigenvalue weighted by molar-refractivity contribution is 7.81. The van der Waals surface area contributed by atoms with E-state index < -0.39 is 0 Å². The van der Waals surface area contributed by atoms with Gasteiger partial charge in [0.05, 0.1) is 10.6 Å². The largest absolute Gasteiger partial charge is 0.355 e. The standard InChI is InChI=1S/C12H13ClN2O2S/c1-14-12(17)9-3-2-7(4-10(9)13)15-6-8(18)5-11(15)16/h2-4,8,18H,5-6H2,1H3,(H,14,17). The average molecular weight is 285 g/mol. The molecular formula is C12H13ClN2O2S. The zero-order valence-electron chi connectivity index (χ0n) is 9.81. The van der Waals surface area contributed by atoms with Gasteiger partial charge in [-0.2, -0.15) is 12.6 Å². The molecule has 1 aromatic carbocycles. The van der Waals surface area contributed by atoms with Crippen LogP contribution >= 0.6 is 24.2 Å². The number of hydrogen-bond donors (Lipinski definition) is 2. The quantitative estimate of drug-likeness (QED) is 0.813. The minimum atomic E-state index is -0.244. The van der Waals surface area contributed by atoms with Gasteiger partial charge < -0.3 is 10.2 Å². The Hall–Kier alpha value is -1.20. The Morgan fingerprint density at radius 2 is 2.28 bits per heavy atom. The van der Waals surface area contributed by atoms with Crippen LogP contribution in [0.15, 0.2) is 18.2 Å². The fourth-order valence-corrected chi connectivity index (χ4v) is 2.51. The first-order chi connectivity index (χ1) is 8.52. The number of carbonyl (C=O) groups is 2. The summed E-state index contributed by atoms with van der Waals surface area (Å²) in [6.45, 7) is 0.567. The maximum Gasteiger partial charge on any atom is 0.252 e. The Morgan fingerprint density at radius 3 is 2.78 bits per heavy atom. The summed E-state index contributed by atoms with van der Waals surface area (Å²) in [6.07, 6.45) is 0.428. The molecule has 1 aromatic rings. The molecule has 2 amide bonds. The summed E-state index contributed by atoms with van der Waals surface area (Å²) in [6, 6.07) is 4.98. The van der Waals surface area contributed by atoms with Crippen molar-refractivity contribution in [2.24, 2.45) is 0 Å². The van der Waals surface area contributed by atoms with Crippen molar-refractivity contribution < 1.29 is 9.59 Å². The smallest absolute Gasteiger partial charge is 0.252 e. The van der Waals surface area contributed by atoms with E-state index in [2.05, 4.69) is 17.9 Å². The number of rotatable bonds is 2. The van der Waals surface area contributed by atoms with Crippen LogP contribution in [0, 0.1) is 0 Å². The molecule has 1 heterocycles. The van der Waals surface area contributed by atoms with Gasteiger partial charge >= 0.3 is 0 Å². The highest BCUT2D eigenvalue weighted by atomic mass is 35.5. The first-order valence-corrected chi connectivity index (χ1v) is 6.42. The van der Waals surface area contributed by atoms with E-state index in [0.717, 1.165) is 0 Å². The fourth-order valence-electron chi connectivity index (χ4n) is 1.93. The Morgan fingerprint density at radius 1 is 1.56 bits per heavy atom. The van der Waals surface area contributed by atoms with Crippen molar-refractivity contribution in [3.63, 3.8) is 0 Å². The number of nitrogens with one attached hydrogen (secondary N) is 1. The third-order valence-corrected chi connectivity index (χ3v) is 3.50. The van der Waals surface area contributed by atoms with E-state index in [9.17, 15) is 9.59 Å². The molecule has 0 spiro atoms. The Balaban J connectivity index is 2.29. The van der Waals surface area contributed by atoms with Crippen LogP contribution in [0.2, 0.25) is 5.02 Å². The van der Waals surface area contributed by atoms with Gasteiger partial charge in [-0.05, 0) is 18.2 Å². The molecule has 0 aliphatic carbocycles. The van der Waals surface area contributed by atoms with Crippen LogP contribution < -0.4 is 10.2 Å². The number of thiol groups is 1. The molecule has 1 saturated heterocycles. The molecule has 1 atom stereocenters. The van der Waals surface area contributed by atoms with Crippen molar-refractivity contribution in [2.75, 3.05) is 18.5 Å². The van der Waals surface area contributed by atoms with Crippen LogP contribution in [-0.4, -0.2) is 30.7 Å². The predicted octanol–water partition coefficient (Wildman–Crippen LogP) is 1.73. The lowest BCUT2D eigenvalue weighted by molar-refractivity contribution is -0.117. The molecule has 1 N–H and O–H groups in total. The molecular weight excluding hydrogens is 272 g/mol. The first-order valence-electron chi connectivity index (χ1n) is 5.53. The van der Waals surface area contributed by atoms with Gasteiger partial charge in [0.15, 0.2) is 0 Å². The maximum absolute atomic E-state index is 11.7. The second kappa shape index (κ2) is 5.20. The Labute approximate surface area is 116 Å². The zero-order valence-corrected chi connectivity index (χ0v) is 11.5. The van der Waals surface area contributed by atoms with Gasteiger partial charge in [-0.3, -0.25) is 9.59 Å². The van der Waals surface area contributed by atoms with E-state index in [1.165, 1.54) is 0 Å². The number of halogens is 1. The molecule has 18 heavy (non-hydrogen) atoms. The second-order valence-electron chi connectivity index (χ2n) is 4.11. The average Bonchev–Trinajstić information content (AvgIpc) is 2.67. The summed E-state index contributed by atoms with van der Waals surface area (Å²) >= 11 is 10.3. The molecule has 1 aliphatic heterocycles. The Bertz CT molecular complexity index is 507. The topological polar surface area (TPSA) is 49.4 Å². The zero-order chi connectivity index (χ0) is 13.3. The second-order valence-corrected chi connectivity index (χ2v) is 5.24. The van der Waals surface area contributed by atoms with Crippen molar-refractivity contribution in [3.8, 4) is 0 Å². The van der Waals surface area contributed by atoms with E-state index in [0.29, 0.717) is 29.2 Å². The fraction of sp³-hybridized carbons (Fsp3) is 0.333. The number of hydrogen-bond acceptors (Lipinski definition) is 3. The molecule has 0 aromatic heterocycles. The minimum Gasteiger partial charge on any atom is -0.355 e. The van der Waals surface area contributed by atoms with Crippen molar-refractivity contribution in [3.05, 3.63) is 28.8 Å². The number of anilines is 1. The molecule has 6 heteroatoms. The van der Waals surface area contributed by atoms with Crippen LogP contribution in [0.3, 0.4) is 0 Å². The maximum atomic E-state index is 11.7. The van der Waals surface area contributed by atoms with E-state index in [-0.39, 0.29) is 17.1 Å². The van der Waals surface area contributed by atoms with Gasteiger partial charge in [0, 0.05) is 31.0 Å². The third kappa shape index (κ3) is 2.47. The predicted molar refractivity (Wildman–Crippen MR) is 74.6 cm³/mol. The highest BCUT2D eigenvalue weighted by Crippen LogP contribution is 2.28. The van der Waals surface area contributed by atoms with Crippen LogP contribution in [-0.2, 0) is 4.79 Å². The minimum absolute atomic E-state index is 0.0266. The summed E-state index contributed by atoms with van der Waals surface area (Å²) in [4.78, 5) is 24.9. The number of amides is 2.